The maximum Gasteiger partial charge on any atom is 0.261 e. The number of allylic oxidation sites excluding steroid dienone is 1. The largest absolute Gasteiger partial charge is 0.520 e. The van der Waals surface area contributed by atoms with Gasteiger partial charge in [0.05, 0.1) is 0 Å². The van der Waals surface area contributed by atoms with E-state index in [2.05, 4.69) is 19.6 Å². The van der Waals surface area contributed by atoms with Gasteiger partial charge in [-0.2, -0.15) is 0 Å². The summed E-state index contributed by atoms with van der Waals surface area (Å²) in [6, 6.07) is 10.1. The van der Waals surface area contributed by atoms with E-state index in [-0.39, 0.29) is 0 Å². The Labute approximate surface area is 99.0 Å². The van der Waals surface area contributed by atoms with E-state index in [0.717, 1.165) is 5.56 Å². The van der Waals surface area contributed by atoms with Crippen molar-refractivity contribution in [3.8, 4) is 0 Å². The predicted molar refractivity (Wildman–Crippen MR) is 69.4 cm³/mol. The minimum atomic E-state index is -1.57. The van der Waals surface area contributed by atoms with Gasteiger partial charge in [-0.3, -0.25) is 0 Å². The fraction of sp³-hybridized carbons (Fsp3) is 0.385. The zero-order valence-electron chi connectivity index (χ0n) is 10.5. The van der Waals surface area contributed by atoms with Crippen molar-refractivity contribution in [3.63, 3.8) is 0 Å². The summed E-state index contributed by atoms with van der Waals surface area (Å²) in [4.78, 5) is 0. The van der Waals surface area contributed by atoms with Gasteiger partial charge in [0.2, 0.25) is 8.32 Å². The molecule has 3 heteroatoms. The summed E-state index contributed by atoms with van der Waals surface area (Å²) >= 11 is 0. The third-order valence-electron chi connectivity index (χ3n) is 1.87. The Morgan fingerprint density at radius 3 is 2.31 bits per heavy atom. The van der Waals surface area contributed by atoms with Crippen molar-refractivity contribution in [2.24, 2.45) is 0 Å². The highest BCUT2D eigenvalue weighted by atomic mass is 28.4. The molecule has 0 heterocycles. The van der Waals surface area contributed by atoms with E-state index in [4.69, 9.17) is 9.16 Å². The van der Waals surface area contributed by atoms with E-state index < -0.39 is 8.32 Å². The SMILES string of the molecule is C/C=C(\OCc1ccccc1)O[Si](C)(C)C. The molecular formula is C13H20O2Si. The summed E-state index contributed by atoms with van der Waals surface area (Å²) in [5.41, 5.74) is 1.15. The molecular weight excluding hydrogens is 216 g/mol. The number of hydrogen-bond donors (Lipinski definition) is 0. The smallest absolute Gasteiger partial charge is 0.261 e. The molecule has 16 heavy (non-hydrogen) atoms. The average molecular weight is 236 g/mol. The van der Waals surface area contributed by atoms with Gasteiger partial charge in [-0.05, 0) is 38.2 Å². The highest BCUT2D eigenvalue weighted by Crippen LogP contribution is 2.13. The molecule has 2 nitrogen and oxygen atoms in total. The molecule has 1 aromatic rings. The quantitative estimate of drug-likeness (QED) is 0.570. The van der Waals surface area contributed by atoms with E-state index in [0.29, 0.717) is 12.6 Å². The van der Waals surface area contributed by atoms with Gasteiger partial charge >= 0.3 is 0 Å². The summed E-state index contributed by atoms with van der Waals surface area (Å²) < 4.78 is 11.4. The van der Waals surface area contributed by atoms with Crippen LogP contribution in [0.5, 0.6) is 0 Å². The highest BCUT2D eigenvalue weighted by Gasteiger charge is 2.18. The molecule has 0 unspecified atom stereocenters. The molecule has 1 aromatic carbocycles. The van der Waals surface area contributed by atoms with Gasteiger partial charge in [0.25, 0.3) is 5.95 Å². The van der Waals surface area contributed by atoms with Crippen LogP contribution in [-0.2, 0) is 15.8 Å². The number of ether oxygens (including phenoxy) is 1. The minimum Gasteiger partial charge on any atom is -0.520 e. The van der Waals surface area contributed by atoms with Gasteiger partial charge in [0.1, 0.15) is 6.61 Å². The van der Waals surface area contributed by atoms with Gasteiger partial charge in [0, 0.05) is 0 Å². The number of hydrogen-bond acceptors (Lipinski definition) is 2. The fourth-order valence-corrected chi connectivity index (χ4v) is 1.98. The second-order valence-corrected chi connectivity index (χ2v) is 9.03. The lowest BCUT2D eigenvalue weighted by Gasteiger charge is -2.21. The molecule has 0 N–H and O–H groups in total. The van der Waals surface area contributed by atoms with Gasteiger partial charge < -0.3 is 9.16 Å². The molecule has 0 aromatic heterocycles. The Kier molecular flexibility index (Phi) is 4.62. The van der Waals surface area contributed by atoms with Crippen LogP contribution >= 0.6 is 0 Å². The Hall–Kier alpha value is -1.22. The second-order valence-electron chi connectivity index (χ2n) is 4.60. The van der Waals surface area contributed by atoms with Crippen LogP contribution < -0.4 is 0 Å². The van der Waals surface area contributed by atoms with Gasteiger partial charge in [0.15, 0.2) is 0 Å². The lowest BCUT2D eigenvalue weighted by Crippen LogP contribution is -2.25. The van der Waals surface area contributed by atoms with Crippen LogP contribution in [-0.4, -0.2) is 8.32 Å². The van der Waals surface area contributed by atoms with E-state index in [9.17, 15) is 0 Å². The molecule has 0 saturated carbocycles. The van der Waals surface area contributed by atoms with Crippen molar-refractivity contribution >= 4 is 8.32 Å². The third kappa shape index (κ3) is 5.03. The highest BCUT2D eigenvalue weighted by molar-refractivity contribution is 6.69. The maximum atomic E-state index is 5.79. The normalized spacial score (nSPS) is 12.4. The summed E-state index contributed by atoms with van der Waals surface area (Å²) in [7, 11) is -1.57. The average Bonchev–Trinajstić information content (AvgIpc) is 2.24. The van der Waals surface area contributed by atoms with E-state index in [1.165, 1.54) is 0 Å². The lowest BCUT2D eigenvalue weighted by molar-refractivity contribution is 0.0914. The van der Waals surface area contributed by atoms with Crippen LogP contribution in [0.3, 0.4) is 0 Å². The van der Waals surface area contributed by atoms with Crippen LogP contribution in [0, 0.1) is 0 Å². The summed E-state index contributed by atoms with van der Waals surface area (Å²) in [6.07, 6.45) is 1.88. The molecule has 0 aliphatic carbocycles. The van der Waals surface area contributed by atoms with Crippen LogP contribution in [0.15, 0.2) is 42.4 Å². The van der Waals surface area contributed by atoms with Crippen LogP contribution in [0.2, 0.25) is 19.6 Å². The van der Waals surface area contributed by atoms with Crippen molar-refractivity contribution in [1.82, 2.24) is 0 Å². The van der Waals surface area contributed by atoms with Gasteiger partial charge in [-0.1, -0.05) is 30.3 Å². The van der Waals surface area contributed by atoms with Crippen LogP contribution in [0.4, 0.5) is 0 Å². The first-order valence-corrected chi connectivity index (χ1v) is 8.94. The second kappa shape index (κ2) is 5.75. The molecule has 0 amide bonds. The van der Waals surface area contributed by atoms with Gasteiger partial charge in [-0.25, -0.2) is 0 Å². The minimum absolute atomic E-state index is 0.561. The molecule has 0 bridgehead atoms. The summed E-state index contributed by atoms with van der Waals surface area (Å²) in [5, 5.41) is 0. The maximum absolute atomic E-state index is 5.79. The number of rotatable bonds is 5. The molecule has 0 radical (unpaired) electrons. The fourth-order valence-electron chi connectivity index (χ4n) is 1.20. The third-order valence-corrected chi connectivity index (χ3v) is 2.68. The Bertz CT molecular complexity index is 339. The summed E-state index contributed by atoms with van der Waals surface area (Å²) in [5.74, 6) is 0.642. The number of benzene rings is 1. The predicted octanol–water partition coefficient (Wildman–Crippen LogP) is 3.92. The van der Waals surface area contributed by atoms with Crippen molar-refractivity contribution in [3.05, 3.63) is 47.9 Å². The van der Waals surface area contributed by atoms with E-state index >= 15 is 0 Å². The van der Waals surface area contributed by atoms with Crippen molar-refractivity contribution in [2.45, 2.75) is 33.2 Å². The monoisotopic (exact) mass is 236 g/mol. The first-order valence-electron chi connectivity index (χ1n) is 5.53. The Morgan fingerprint density at radius 1 is 1.19 bits per heavy atom. The molecule has 88 valence electrons. The van der Waals surface area contributed by atoms with Crippen molar-refractivity contribution in [2.75, 3.05) is 0 Å². The first-order chi connectivity index (χ1) is 7.51. The van der Waals surface area contributed by atoms with Crippen molar-refractivity contribution in [1.29, 1.82) is 0 Å². The zero-order chi connectivity index (χ0) is 12.0. The molecule has 0 spiro atoms. The van der Waals surface area contributed by atoms with Crippen molar-refractivity contribution < 1.29 is 9.16 Å². The van der Waals surface area contributed by atoms with E-state index in [1.54, 1.807) is 0 Å². The lowest BCUT2D eigenvalue weighted by atomic mass is 10.2. The Balaban J connectivity index is 2.48. The van der Waals surface area contributed by atoms with Crippen LogP contribution in [0.25, 0.3) is 0 Å². The van der Waals surface area contributed by atoms with E-state index in [1.807, 2.05) is 43.3 Å². The summed E-state index contributed by atoms with van der Waals surface area (Å²) in [6.45, 7) is 8.92. The molecule has 0 atom stereocenters. The topological polar surface area (TPSA) is 18.5 Å². The van der Waals surface area contributed by atoms with Crippen LogP contribution in [0.1, 0.15) is 12.5 Å². The standard InChI is InChI=1S/C13H20O2Si/c1-5-13(15-16(2,3)4)14-11-12-9-7-6-8-10-12/h5-10H,11H2,1-4H3/b13-5+. The molecule has 0 saturated heterocycles. The molecule has 0 aliphatic rings. The molecule has 0 fully saturated rings. The zero-order valence-corrected chi connectivity index (χ0v) is 11.5. The first kappa shape index (κ1) is 12.8. The van der Waals surface area contributed by atoms with Gasteiger partial charge in [-0.15, -0.1) is 0 Å². The molecule has 1 rings (SSSR count). The molecule has 0 aliphatic heterocycles. The Morgan fingerprint density at radius 2 is 1.81 bits per heavy atom.